The average Bonchev–Trinajstić information content (AvgIpc) is 2.40. The Kier molecular flexibility index (Phi) is 7.34. The van der Waals surface area contributed by atoms with Crippen LogP contribution in [0.15, 0.2) is 30.3 Å². The molecule has 1 aromatic rings. The number of nitrogens with one attached hydrogen (secondary N) is 2. The number of hydrogen-bond donors (Lipinski definition) is 2. The summed E-state index contributed by atoms with van der Waals surface area (Å²) in [6, 6.07) is 8.99. The minimum atomic E-state index is -0.397. The topological polar surface area (TPSA) is 68.8 Å². The summed E-state index contributed by atoms with van der Waals surface area (Å²) in [6.07, 6.45) is 0. The van der Waals surface area contributed by atoms with Crippen molar-refractivity contribution in [3.05, 3.63) is 30.3 Å². The summed E-state index contributed by atoms with van der Waals surface area (Å²) in [4.78, 5) is 16.0. The molecule has 0 unspecified atom stereocenters. The summed E-state index contributed by atoms with van der Waals surface area (Å²) in [7, 11) is 1.57. The monoisotopic (exact) mass is 254 g/mol. The van der Waals surface area contributed by atoms with Crippen molar-refractivity contribution in [2.45, 2.75) is 0 Å². The molecule has 18 heavy (non-hydrogen) atoms. The Hall–Kier alpha value is -1.79. The maximum Gasteiger partial charge on any atom is 0.338 e. The van der Waals surface area contributed by atoms with Crippen molar-refractivity contribution < 1.29 is 19.1 Å². The van der Waals surface area contributed by atoms with E-state index in [0.717, 1.165) is 5.75 Å². The molecule has 0 fully saturated rings. The van der Waals surface area contributed by atoms with Gasteiger partial charge in [0.1, 0.15) is 19.0 Å². The number of carbonyl (C=O) groups is 1. The van der Waals surface area contributed by atoms with Crippen LogP contribution in [0, 0.1) is 0 Å². The van der Waals surface area contributed by atoms with Crippen LogP contribution >= 0.6 is 0 Å². The van der Waals surface area contributed by atoms with Crippen LogP contribution in [0.3, 0.4) is 0 Å². The highest BCUT2D eigenvalue weighted by Crippen LogP contribution is 2.07. The van der Waals surface area contributed by atoms with Gasteiger partial charge in [0, 0.05) is 13.7 Å². The van der Waals surface area contributed by atoms with Gasteiger partial charge in [-0.1, -0.05) is 18.2 Å². The minimum absolute atomic E-state index is 0.270. The number of para-hydroxylation sites is 1. The van der Waals surface area contributed by atoms with E-state index in [0.29, 0.717) is 19.8 Å². The smallest absolute Gasteiger partial charge is 0.338 e. The van der Waals surface area contributed by atoms with Gasteiger partial charge in [0.05, 0.1) is 6.61 Å². The second kappa shape index (κ2) is 9.26. The summed E-state index contributed by atoms with van der Waals surface area (Å²) < 4.78 is 10.2. The van der Waals surface area contributed by atoms with E-state index < -0.39 is 6.03 Å². The van der Waals surface area contributed by atoms with Gasteiger partial charge >= 0.3 is 6.03 Å². The highest BCUT2D eigenvalue weighted by molar-refractivity contribution is 5.72. The van der Waals surface area contributed by atoms with Crippen molar-refractivity contribution in [1.82, 2.24) is 10.8 Å². The van der Waals surface area contributed by atoms with Gasteiger partial charge in [0.2, 0.25) is 0 Å². The molecular weight excluding hydrogens is 236 g/mol. The van der Waals surface area contributed by atoms with Crippen LogP contribution in [0.4, 0.5) is 4.79 Å². The van der Waals surface area contributed by atoms with Crippen LogP contribution in [-0.4, -0.2) is 39.5 Å². The Bertz CT molecular complexity index is 332. The Morgan fingerprint density at radius 2 is 1.94 bits per heavy atom. The van der Waals surface area contributed by atoms with E-state index in [-0.39, 0.29) is 6.61 Å². The Morgan fingerprint density at radius 3 is 2.67 bits per heavy atom. The number of amides is 2. The van der Waals surface area contributed by atoms with Crippen LogP contribution in [0.2, 0.25) is 0 Å². The number of carbonyl (C=O) groups excluding carboxylic acids is 1. The number of rotatable bonds is 8. The molecule has 2 amide bonds. The largest absolute Gasteiger partial charge is 0.491 e. The molecule has 2 N–H and O–H groups in total. The molecule has 6 nitrogen and oxygen atoms in total. The fourth-order valence-corrected chi connectivity index (χ4v) is 1.14. The molecule has 1 rings (SSSR count). The highest BCUT2D eigenvalue weighted by Gasteiger charge is 1.98. The lowest BCUT2D eigenvalue weighted by molar-refractivity contribution is 0.0410. The van der Waals surface area contributed by atoms with E-state index in [9.17, 15) is 4.79 Å². The minimum Gasteiger partial charge on any atom is -0.491 e. The van der Waals surface area contributed by atoms with Crippen molar-refractivity contribution in [3.8, 4) is 5.75 Å². The second-order valence-electron chi connectivity index (χ2n) is 3.36. The van der Waals surface area contributed by atoms with Gasteiger partial charge in [-0.05, 0) is 12.1 Å². The van der Waals surface area contributed by atoms with E-state index in [1.54, 1.807) is 7.11 Å². The highest BCUT2D eigenvalue weighted by atomic mass is 16.7. The van der Waals surface area contributed by atoms with Gasteiger partial charge in [-0.2, -0.15) is 0 Å². The number of ether oxygens (including phenoxy) is 2. The molecular formula is C12H18N2O4. The first-order chi connectivity index (χ1) is 8.83. The predicted octanol–water partition coefficient (Wildman–Crippen LogP) is 0.943. The molecule has 0 aliphatic carbocycles. The maximum absolute atomic E-state index is 11.1. The summed E-state index contributed by atoms with van der Waals surface area (Å²) in [5.74, 6) is 0.769. The lowest BCUT2D eigenvalue weighted by atomic mass is 10.3. The van der Waals surface area contributed by atoms with E-state index in [1.165, 1.54) is 0 Å². The SMILES string of the molecule is COCCNC(=O)NOCCOc1ccccc1. The third-order valence-corrected chi connectivity index (χ3v) is 1.95. The van der Waals surface area contributed by atoms with Gasteiger partial charge in [-0.25, -0.2) is 10.3 Å². The number of benzene rings is 1. The Labute approximate surface area is 106 Å². The van der Waals surface area contributed by atoms with Crippen molar-refractivity contribution in [3.63, 3.8) is 0 Å². The summed E-state index contributed by atoms with van der Waals surface area (Å²) in [5, 5.41) is 2.55. The quantitative estimate of drug-likeness (QED) is 0.535. The molecule has 0 bridgehead atoms. The van der Waals surface area contributed by atoms with Crippen molar-refractivity contribution in [2.75, 3.05) is 33.5 Å². The summed E-state index contributed by atoms with van der Waals surface area (Å²) >= 11 is 0. The lowest BCUT2D eigenvalue weighted by Gasteiger charge is -2.08. The molecule has 0 spiro atoms. The molecule has 1 aromatic carbocycles. The Morgan fingerprint density at radius 1 is 1.17 bits per heavy atom. The van der Waals surface area contributed by atoms with Gasteiger partial charge < -0.3 is 14.8 Å². The van der Waals surface area contributed by atoms with Gasteiger partial charge in [0.25, 0.3) is 0 Å². The summed E-state index contributed by atoms with van der Waals surface area (Å²) in [5.41, 5.74) is 2.24. The standard InChI is InChI=1S/C12H18N2O4/c1-16-8-7-13-12(15)14-18-10-9-17-11-5-3-2-4-6-11/h2-6H,7-10H2,1H3,(H2,13,14,15). The van der Waals surface area contributed by atoms with E-state index in [1.807, 2.05) is 30.3 Å². The third kappa shape index (κ3) is 6.72. The van der Waals surface area contributed by atoms with Gasteiger partial charge in [-0.3, -0.25) is 4.84 Å². The molecule has 100 valence electrons. The fourth-order valence-electron chi connectivity index (χ4n) is 1.14. The number of hydrogen-bond acceptors (Lipinski definition) is 4. The molecule has 0 atom stereocenters. The van der Waals surface area contributed by atoms with Crippen LogP contribution in [-0.2, 0) is 9.57 Å². The average molecular weight is 254 g/mol. The third-order valence-electron chi connectivity index (χ3n) is 1.95. The fraction of sp³-hybridized carbons (Fsp3) is 0.417. The number of urea groups is 1. The van der Waals surface area contributed by atoms with E-state index in [4.69, 9.17) is 14.3 Å². The first-order valence-corrected chi connectivity index (χ1v) is 5.65. The molecule has 0 aliphatic rings. The van der Waals surface area contributed by atoms with Crippen LogP contribution in [0.25, 0.3) is 0 Å². The van der Waals surface area contributed by atoms with Crippen molar-refractivity contribution in [2.24, 2.45) is 0 Å². The number of methoxy groups -OCH3 is 1. The van der Waals surface area contributed by atoms with Crippen molar-refractivity contribution >= 4 is 6.03 Å². The molecule has 0 radical (unpaired) electrons. The number of hydroxylamine groups is 1. The zero-order valence-electron chi connectivity index (χ0n) is 10.3. The predicted molar refractivity (Wildman–Crippen MR) is 66.3 cm³/mol. The first-order valence-electron chi connectivity index (χ1n) is 5.65. The van der Waals surface area contributed by atoms with Crippen LogP contribution in [0.1, 0.15) is 0 Å². The second-order valence-corrected chi connectivity index (χ2v) is 3.36. The van der Waals surface area contributed by atoms with Crippen molar-refractivity contribution in [1.29, 1.82) is 0 Å². The molecule has 0 heterocycles. The van der Waals surface area contributed by atoms with Crippen LogP contribution < -0.4 is 15.5 Å². The Balaban J connectivity index is 1.97. The van der Waals surface area contributed by atoms with Gasteiger partial charge in [0.15, 0.2) is 0 Å². The normalized spacial score (nSPS) is 9.83. The zero-order valence-corrected chi connectivity index (χ0v) is 10.3. The summed E-state index contributed by atoms with van der Waals surface area (Å²) in [6.45, 7) is 1.53. The molecule has 0 aromatic heterocycles. The maximum atomic E-state index is 11.1. The lowest BCUT2D eigenvalue weighted by Crippen LogP contribution is -2.37. The van der Waals surface area contributed by atoms with Gasteiger partial charge in [-0.15, -0.1) is 0 Å². The molecule has 0 aliphatic heterocycles. The molecule has 0 saturated heterocycles. The van der Waals surface area contributed by atoms with E-state index in [2.05, 4.69) is 10.8 Å². The zero-order chi connectivity index (χ0) is 13.1. The first kappa shape index (κ1) is 14.3. The van der Waals surface area contributed by atoms with E-state index >= 15 is 0 Å². The molecule has 6 heteroatoms. The van der Waals surface area contributed by atoms with Crippen LogP contribution in [0.5, 0.6) is 5.75 Å². The molecule has 0 saturated carbocycles.